The summed E-state index contributed by atoms with van der Waals surface area (Å²) in [6.45, 7) is 0. The normalized spacial score (nSPS) is 10.8. The highest BCUT2D eigenvalue weighted by atomic mass is 16.5. The van der Waals surface area contributed by atoms with Crippen molar-refractivity contribution in [3.63, 3.8) is 0 Å². The number of benzene rings is 1. The zero-order valence-corrected chi connectivity index (χ0v) is 10.3. The van der Waals surface area contributed by atoms with E-state index in [1.54, 1.807) is 19.5 Å². The molecule has 0 bridgehead atoms. The summed E-state index contributed by atoms with van der Waals surface area (Å²) in [6, 6.07) is 9.82. The maximum absolute atomic E-state index is 5.22. The topological polar surface area (TPSA) is 39.9 Å². The minimum absolute atomic E-state index is 0.821. The summed E-state index contributed by atoms with van der Waals surface area (Å²) in [6.07, 6.45) is 3.55. The Hall–Kier alpha value is -2.36. The molecule has 4 heteroatoms. The lowest BCUT2D eigenvalue weighted by atomic mass is 10.2. The number of pyridine rings is 1. The largest absolute Gasteiger partial charge is 0.497 e. The van der Waals surface area contributed by atoms with Gasteiger partial charge in [0.25, 0.3) is 0 Å². The van der Waals surface area contributed by atoms with Crippen LogP contribution in [0, 0.1) is 0 Å². The van der Waals surface area contributed by atoms with E-state index in [1.165, 1.54) is 0 Å². The molecule has 0 unspecified atom stereocenters. The third-order valence-corrected chi connectivity index (χ3v) is 3.03. The van der Waals surface area contributed by atoms with Crippen molar-refractivity contribution in [3.8, 4) is 17.1 Å². The number of nitrogens with zero attached hydrogens (tertiary/aromatic N) is 3. The number of aromatic nitrogens is 3. The second kappa shape index (κ2) is 4.14. The lowest BCUT2D eigenvalue weighted by molar-refractivity contribution is 0.415. The number of aryl methyl sites for hydroxylation is 1. The van der Waals surface area contributed by atoms with Gasteiger partial charge in [-0.1, -0.05) is 0 Å². The molecule has 0 aliphatic rings. The first-order chi connectivity index (χ1) is 8.79. The fourth-order valence-electron chi connectivity index (χ4n) is 2.07. The molecule has 18 heavy (non-hydrogen) atoms. The molecule has 2 heterocycles. The maximum atomic E-state index is 5.22. The number of ether oxygens (including phenoxy) is 1. The van der Waals surface area contributed by atoms with Crippen molar-refractivity contribution >= 4 is 11.0 Å². The van der Waals surface area contributed by atoms with Gasteiger partial charge < -0.3 is 9.30 Å². The van der Waals surface area contributed by atoms with Crippen molar-refractivity contribution in [1.82, 2.24) is 14.5 Å². The molecule has 90 valence electrons. The van der Waals surface area contributed by atoms with Crippen molar-refractivity contribution < 1.29 is 4.74 Å². The number of rotatable bonds is 2. The fraction of sp³-hybridized carbons (Fsp3) is 0.143. The Labute approximate surface area is 105 Å². The molecule has 3 rings (SSSR count). The summed E-state index contributed by atoms with van der Waals surface area (Å²) in [5.41, 5.74) is 3.08. The van der Waals surface area contributed by atoms with Crippen LogP contribution in [-0.4, -0.2) is 21.6 Å². The Bertz CT molecular complexity index is 689. The number of methoxy groups -OCH3 is 1. The van der Waals surface area contributed by atoms with Crippen LogP contribution in [0.3, 0.4) is 0 Å². The highest BCUT2D eigenvalue weighted by molar-refractivity contribution is 5.81. The second-order valence-corrected chi connectivity index (χ2v) is 4.08. The molecule has 0 spiro atoms. The van der Waals surface area contributed by atoms with Gasteiger partial charge in [-0.15, -0.1) is 0 Å². The lowest BCUT2D eigenvalue weighted by Gasteiger charge is -2.01. The van der Waals surface area contributed by atoms with Crippen LogP contribution in [-0.2, 0) is 7.05 Å². The first-order valence-electron chi connectivity index (χ1n) is 5.70. The van der Waals surface area contributed by atoms with Gasteiger partial charge in [-0.3, -0.25) is 4.98 Å². The van der Waals surface area contributed by atoms with Crippen molar-refractivity contribution in [2.45, 2.75) is 0 Å². The maximum Gasteiger partial charge on any atom is 0.140 e. The Morgan fingerprint density at radius 2 is 1.89 bits per heavy atom. The van der Waals surface area contributed by atoms with E-state index in [0.717, 1.165) is 28.2 Å². The average Bonchev–Trinajstić information content (AvgIpc) is 2.76. The van der Waals surface area contributed by atoms with Gasteiger partial charge in [0.2, 0.25) is 0 Å². The standard InChI is InChI=1S/C14H13N3O/c1-17-13-4-3-11(18-2)9-12(13)16-14(17)10-5-7-15-8-6-10/h3-9H,1-2H3. The molecular formula is C14H13N3O. The van der Waals surface area contributed by atoms with Crippen LogP contribution in [0.1, 0.15) is 0 Å². The molecule has 0 fully saturated rings. The molecule has 0 aliphatic heterocycles. The number of hydrogen-bond acceptors (Lipinski definition) is 3. The van der Waals surface area contributed by atoms with E-state index in [4.69, 9.17) is 4.74 Å². The van der Waals surface area contributed by atoms with E-state index in [-0.39, 0.29) is 0 Å². The summed E-state index contributed by atoms with van der Waals surface area (Å²) in [5.74, 6) is 1.75. The molecule has 0 atom stereocenters. The predicted octanol–water partition coefficient (Wildman–Crippen LogP) is 2.64. The van der Waals surface area contributed by atoms with Crippen LogP contribution in [0.5, 0.6) is 5.75 Å². The van der Waals surface area contributed by atoms with E-state index < -0.39 is 0 Å². The minimum atomic E-state index is 0.821. The van der Waals surface area contributed by atoms with Crippen LogP contribution < -0.4 is 4.74 Å². The highest BCUT2D eigenvalue weighted by Gasteiger charge is 2.09. The Morgan fingerprint density at radius 1 is 1.11 bits per heavy atom. The third kappa shape index (κ3) is 1.62. The monoisotopic (exact) mass is 239 g/mol. The van der Waals surface area contributed by atoms with Crippen molar-refractivity contribution in [1.29, 1.82) is 0 Å². The van der Waals surface area contributed by atoms with Crippen molar-refractivity contribution in [3.05, 3.63) is 42.7 Å². The van der Waals surface area contributed by atoms with Crippen LogP contribution in [0.2, 0.25) is 0 Å². The fourth-order valence-corrected chi connectivity index (χ4v) is 2.07. The zero-order chi connectivity index (χ0) is 12.5. The Morgan fingerprint density at radius 3 is 2.61 bits per heavy atom. The van der Waals surface area contributed by atoms with Crippen LogP contribution in [0.4, 0.5) is 0 Å². The molecule has 0 aliphatic carbocycles. The SMILES string of the molecule is COc1ccc2c(c1)nc(-c1ccncc1)n2C. The quantitative estimate of drug-likeness (QED) is 0.690. The minimum Gasteiger partial charge on any atom is -0.497 e. The van der Waals surface area contributed by atoms with Gasteiger partial charge in [0, 0.05) is 31.1 Å². The van der Waals surface area contributed by atoms with E-state index in [9.17, 15) is 0 Å². The molecule has 0 amide bonds. The first kappa shape index (κ1) is 10.8. The van der Waals surface area contributed by atoms with Crippen molar-refractivity contribution in [2.24, 2.45) is 7.05 Å². The van der Waals surface area contributed by atoms with E-state index in [2.05, 4.69) is 14.5 Å². The Kier molecular flexibility index (Phi) is 2.48. The third-order valence-electron chi connectivity index (χ3n) is 3.03. The van der Waals surface area contributed by atoms with E-state index >= 15 is 0 Å². The van der Waals surface area contributed by atoms with Gasteiger partial charge >= 0.3 is 0 Å². The molecule has 0 saturated carbocycles. The van der Waals surface area contributed by atoms with Gasteiger partial charge in [0.15, 0.2) is 0 Å². The average molecular weight is 239 g/mol. The molecule has 1 aromatic carbocycles. The summed E-state index contributed by atoms with van der Waals surface area (Å²) in [4.78, 5) is 8.67. The van der Waals surface area contributed by atoms with Crippen LogP contribution >= 0.6 is 0 Å². The Balaban J connectivity index is 2.23. The van der Waals surface area contributed by atoms with Crippen molar-refractivity contribution in [2.75, 3.05) is 7.11 Å². The van der Waals surface area contributed by atoms with Crippen LogP contribution in [0.15, 0.2) is 42.7 Å². The molecule has 3 aromatic rings. The van der Waals surface area contributed by atoms with Gasteiger partial charge in [0.05, 0.1) is 18.1 Å². The molecule has 0 radical (unpaired) electrons. The summed E-state index contributed by atoms with van der Waals surface area (Å²) < 4.78 is 7.29. The van der Waals surface area contributed by atoms with Gasteiger partial charge in [0.1, 0.15) is 11.6 Å². The number of hydrogen-bond donors (Lipinski definition) is 0. The summed E-state index contributed by atoms with van der Waals surface area (Å²) in [7, 11) is 3.67. The van der Waals surface area contributed by atoms with Crippen LogP contribution in [0.25, 0.3) is 22.4 Å². The second-order valence-electron chi connectivity index (χ2n) is 4.08. The smallest absolute Gasteiger partial charge is 0.140 e. The van der Waals surface area contributed by atoms with E-state index in [1.807, 2.05) is 37.4 Å². The predicted molar refractivity (Wildman–Crippen MR) is 70.5 cm³/mol. The van der Waals surface area contributed by atoms with E-state index in [0.29, 0.717) is 0 Å². The zero-order valence-electron chi connectivity index (χ0n) is 10.3. The number of fused-ring (bicyclic) bond motifs is 1. The molecular weight excluding hydrogens is 226 g/mol. The summed E-state index contributed by atoms with van der Waals surface area (Å²) >= 11 is 0. The molecule has 2 aromatic heterocycles. The van der Waals surface area contributed by atoms with Gasteiger partial charge in [-0.2, -0.15) is 0 Å². The molecule has 0 saturated heterocycles. The molecule has 4 nitrogen and oxygen atoms in total. The summed E-state index contributed by atoms with van der Waals surface area (Å²) in [5, 5.41) is 0. The lowest BCUT2D eigenvalue weighted by Crippen LogP contribution is -1.92. The highest BCUT2D eigenvalue weighted by Crippen LogP contribution is 2.25. The van der Waals surface area contributed by atoms with Gasteiger partial charge in [-0.25, -0.2) is 4.98 Å². The number of imidazole rings is 1. The first-order valence-corrected chi connectivity index (χ1v) is 5.70. The van der Waals surface area contributed by atoms with Gasteiger partial charge in [-0.05, 0) is 24.3 Å². The molecule has 0 N–H and O–H groups in total.